The van der Waals surface area contributed by atoms with Crippen molar-refractivity contribution in [3.05, 3.63) is 35.5 Å². The summed E-state index contributed by atoms with van der Waals surface area (Å²) < 4.78 is 2.44. The molecule has 2 heterocycles. The maximum absolute atomic E-state index is 13.1. The van der Waals surface area contributed by atoms with E-state index in [-0.39, 0.29) is 5.92 Å². The quantitative estimate of drug-likeness (QED) is 0.833. The fraction of sp³-hybridized carbons (Fsp3) is 0.640. The first-order valence-electron chi connectivity index (χ1n) is 11.8. The highest BCUT2D eigenvalue weighted by Gasteiger charge is 2.41. The van der Waals surface area contributed by atoms with E-state index in [1.807, 2.05) is 0 Å². The number of aromatic nitrogens is 1. The van der Waals surface area contributed by atoms with Crippen molar-refractivity contribution in [1.29, 1.82) is 0 Å². The Balaban J connectivity index is 1.42. The Morgan fingerprint density at radius 1 is 1.21 bits per heavy atom. The maximum Gasteiger partial charge on any atom is 0.224 e. The molecule has 3 atom stereocenters. The number of likely N-dealkylation sites (tertiary alicyclic amines) is 1. The van der Waals surface area contributed by atoms with Gasteiger partial charge in [0.25, 0.3) is 0 Å². The second-order valence-corrected chi connectivity index (χ2v) is 9.68. The molecule has 1 aromatic heterocycles. The van der Waals surface area contributed by atoms with Gasteiger partial charge in [0.05, 0.1) is 5.92 Å². The van der Waals surface area contributed by atoms with Crippen LogP contribution >= 0.6 is 0 Å². The zero-order valence-electron chi connectivity index (χ0n) is 18.0. The summed E-state index contributed by atoms with van der Waals surface area (Å²) in [6.45, 7) is 4.22. The standard InChI is InChI=1S/C25H35N3O/c1-3-12-28-16-17-14-23-21(20-10-7-11-22(28)24(17)20)13-18(15-27(23)2)25(29)26-19-8-5-4-6-9-19/h7,10-11,16,18-19,21,23H,3-6,8-9,12-15H2,1-2H3,(H,26,29)/t18-,21-,23-/m1/s1. The monoisotopic (exact) mass is 393 g/mol. The maximum atomic E-state index is 13.1. The second-order valence-electron chi connectivity index (χ2n) is 9.68. The van der Waals surface area contributed by atoms with Gasteiger partial charge in [-0.15, -0.1) is 0 Å². The van der Waals surface area contributed by atoms with Crippen LogP contribution in [0.1, 0.15) is 68.9 Å². The largest absolute Gasteiger partial charge is 0.353 e. The summed E-state index contributed by atoms with van der Waals surface area (Å²) in [5, 5.41) is 4.88. The molecule has 3 aliphatic rings. The Morgan fingerprint density at radius 3 is 2.83 bits per heavy atom. The molecule has 4 nitrogen and oxygen atoms in total. The number of benzene rings is 1. The van der Waals surface area contributed by atoms with Gasteiger partial charge in [0.15, 0.2) is 0 Å². The van der Waals surface area contributed by atoms with E-state index in [0.717, 1.165) is 45.2 Å². The van der Waals surface area contributed by atoms with Crippen molar-refractivity contribution in [2.45, 2.75) is 82.8 Å². The minimum Gasteiger partial charge on any atom is -0.353 e. The average Bonchev–Trinajstić information content (AvgIpc) is 3.08. The lowest BCUT2D eigenvalue weighted by atomic mass is 9.72. The van der Waals surface area contributed by atoms with E-state index in [0.29, 0.717) is 23.9 Å². The van der Waals surface area contributed by atoms with Crippen LogP contribution in [0, 0.1) is 5.92 Å². The fourth-order valence-corrected chi connectivity index (χ4v) is 6.30. The topological polar surface area (TPSA) is 37.3 Å². The molecule has 0 bridgehead atoms. The lowest BCUT2D eigenvalue weighted by molar-refractivity contribution is -0.128. The van der Waals surface area contributed by atoms with Gasteiger partial charge < -0.3 is 14.8 Å². The molecule has 1 aromatic carbocycles. The molecule has 1 saturated heterocycles. The third-order valence-electron chi connectivity index (χ3n) is 7.71. The molecule has 29 heavy (non-hydrogen) atoms. The van der Waals surface area contributed by atoms with Crippen LogP contribution in [0.2, 0.25) is 0 Å². The van der Waals surface area contributed by atoms with Crippen LogP contribution in [-0.2, 0) is 17.8 Å². The Kier molecular flexibility index (Phi) is 5.15. The third-order valence-corrected chi connectivity index (χ3v) is 7.71. The Labute approximate surface area is 174 Å². The number of piperidine rings is 1. The van der Waals surface area contributed by atoms with Crippen molar-refractivity contribution in [2.24, 2.45) is 5.92 Å². The van der Waals surface area contributed by atoms with E-state index >= 15 is 0 Å². The minimum atomic E-state index is 0.109. The lowest BCUT2D eigenvalue weighted by Crippen LogP contribution is -2.52. The molecular weight excluding hydrogens is 358 g/mol. The molecule has 4 heteroatoms. The molecule has 1 N–H and O–H groups in total. The second kappa shape index (κ2) is 7.79. The van der Waals surface area contributed by atoms with E-state index in [1.165, 1.54) is 41.3 Å². The van der Waals surface area contributed by atoms with Crippen molar-refractivity contribution in [3.8, 4) is 0 Å². The summed E-state index contributed by atoms with van der Waals surface area (Å²) in [4.78, 5) is 15.6. The van der Waals surface area contributed by atoms with E-state index in [1.54, 1.807) is 0 Å². The van der Waals surface area contributed by atoms with Gasteiger partial charge in [0, 0.05) is 48.2 Å². The van der Waals surface area contributed by atoms with Gasteiger partial charge in [-0.25, -0.2) is 0 Å². The van der Waals surface area contributed by atoms with Crippen LogP contribution in [0.4, 0.5) is 0 Å². The number of likely N-dealkylation sites (N-methyl/N-ethyl adjacent to an activating group) is 1. The highest BCUT2D eigenvalue weighted by molar-refractivity contribution is 5.89. The Bertz CT molecular complexity index is 895. The molecular formula is C25H35N3O. The van der Waals surface area contributed by atoms with Crippen molar-refractivity contribution in [1.82, 2.24) is 14.8 Å². The molecule has 2 aliphatic carbocycles. The van der Waals surface area contributed by atoms with Crippen molar-refractivity contribution >= 4 is 16.8 Å². The van der Waals surface area contributed by atoms with Crippen LogP contribution in [0.15, 0.2) is 24.4 Å². The first-order chi connectivity index (χ1) is 14.2. The first kappa shape index (κ1) is 19.2. The Morgan fingerprint density at radius 2 is 2.03 bits per heavy atom. The first-order valence-corrected chi connectivity index (χ1v) is 11.8. The summed E-state index contributed by atoms with van der Waals surface area (Å²) in [6, 6.07) is 7.75. The normalized spacial score (nSPS) is 27.7. The minimum absolute atomic E-state index is 0.109. The number of hydrogen-bond donors (Lipinski definition) is 1. The molecule has 2 fully saturated rings. The smallest absolute Gasteiger partial charge is 0.224 e. The predicted molar refractivity (Wildman–Crippen MR) is 118 cm³/mol. The van der Waals surface area contributed by atoms with Gasteiger partial charge >= 0.3 is 0 Å². The van der Waals surface area contributed by atoms with E-state index in [4.69, 9.17) is 0 Å². The number of hydrogen-bond acceptors (Lipinski definition) is 2. The van der Waals surface area contributed by atoms with E-state index < -0.39 is 0 Å². The SMILES string of the molecule is CCCn1cc2c3c(cccc31)[C@H]1C[C@@H](C(=O)NC3CCCCC3)CN(C)[C@@H]1C2. The highest BCUT2D eigenvalue weighted by Crippen LogP contribution is 2.45. The molecule has 0 spiro atoms. The molecule has 0 radical (unpaired) electrons. The Hall–Kier alpha value is -1.81. The van der Waals surface area contributed by atoms with Crippen LogP contribution < -0.4 is 5.32 Å². The number of nitrogens with one attached hydrogen (secondary N) is 1. The predicted octanol–water partition coefficient (Wildman–Crippen LogP) is 4.46. The summed E-state index contributed by atoms with van der Waals surface area (Å²) >= 11 is 0. The highest BCUT2D eigenvalue weighted by atomic mass is 16.2. The summed E-state index contributed by atoms with van der Waals surface area (Å²) in [6.07, 6.45) is 11.8. The molecule has 1 aliphatic heterocycles. The molecule has 156 valence electrons. The average molecular weight is 394 g/mol. The van der Waals surface area contributed by atoms with Gasteiger partial charge in [-0.05, 0) is 56.3 Å². The fourth-order valence-electron chi connectivity index (χ4n) is 6.30. The number of amides is 1. The van der Waals surface area contributed by atoms with Crippen LogP contribution in [0.5, 0.6) is 0 Å². The summed E-state index contributed by atoms with van der Waals surface area (Å²) in [7, 11) is 2.23. The zero-order valence-corrected chi connectivity index (χ0v) is 18.0. The molecule has 2 aromatic rings. The molecule has 0 unspecified atom stereocenters. The molecule has 1 amide bonds. The lowest BCUT2D eigenvalue weighted by Gasteiger charge is -2.45. The van der Waals surface area contributed by atoms with Gasteiger partial charge in [-0.2, -0.15) is 0 Å². The van der Waals surface area contributed by atoms with Crippen molar-refractivity contribution < 1.29 is 4.79 Å². The number of carbonyl (C=O) groups excluding carboxylic acids is 1. The number of carbonyl (C=O) groups is 1. The van der Waals surface area contributed by atoms with Crippen LogP contribution in [0.25, 0.3) is 10.9 Å². The number of rotatable bonds is 4. The van der Waals surface area contributed by atoms with Crippen molar-refractivity contribution in [3.63, 3.8) is 0 Å². The number of nitrogens with zero attached hydrogens (tertiary/aromatic N) is 2. The number of fused-ring (bicyclic) bond motifs is 2. The van der Waals surface area contributed by atoms with Crippen molar-refractivity contribution in [2.75, 3.05) is 13.6 Å². The van der Waals surface area contributed by atoms with Gasteiger partial charge in [-0.1, -0.05) is 38.3 Å². The molecule has 5 rings (SSSR count). The van der Waals surface area contributed by atoms with E-state index in [9.17, 15) is 4.79 Å². The summed E-state index contributed by atoms with van der Waals surface area (Å²) in [5.74, 6) is 0.867. The third kappa shape index (κ3) is 3.39. The van der Waals surface area contributed by atoms with Crippen LogP contribution in [0.3, 0.4) is 0 Å². The zero-order chi connectivity index (χ0) is 20.0. The summed E-state index contributed by atoms with van der Waals surface area (Å²) in [5.41, 5.74) is 4.36. The molecule has 1 saturated carbocycles. The van der Waals surface area contributed by atoms with Gasteiger partial charge in [0.2, 0.25) is 5.91 Å². The van der Waals surface area contributed by atoms with Gasteiger partial charge in [0.1, 0.15) is 0 Å². The van der Waals surface area contributed by atoms with E-state index in [2.05, 4.69) is 53.2 Å². The number of aryl methyl sites for hydroxylation is 1. The van der Waals surface area contributed by atoms with Crippen LogP contribution in [-0.4, -0.2) is 41.1 Å². The van der Waals surface area contributed by atoms with Gasteiger partial charge in [-0.3, -0.25) is 4.79 Å².